The number of unbranched alkanes of at least 4 members (excludes halogenated alkanes) is 1. The van der Waals surface area contributed by atoms with Crippen LogP contribution in [0, 0.1) is 6.92 Å². The first-order valence-electron chi connectivity index (χ1n) is 7.14. The van der Waals surface area contributed by atoms with E-state index < -0.39 is 0 Å². The third kappa shape index (κ3) is 5.02. The second kappa shape index (κ2) is 8.33. The molecule has 2 aromatic rings. The number of pyridine rings is 1. The molecule has 0 radical (unpaired) electrons. The fraction of sp³-hybridized carbons (Fsp3) is 0.353. The van der Waals surface area contributed by atoms with E-state index in [0.29, 0.717) is 0 Å². The molecule has 106 valence electrons. The van der Waals surface area contributed by atoms with Gasteiger partial charge in [0.15, 0.2) is 0 Å². The maximum atomic E-state index is 5.77. The highest BCUT2D eigenvalue weighted by Gasteiger charge is 1.97. The summed E-state index contributed by atoms with van der Waals surface area (Å²) in [6.45, 7) is 4.77. The Morgan fingerprint density at radius 1 is 1.05 bits per heavy atom. The molecule has 1 heterocycles. The maximum Gasteiger partial charge on any atom is 0.122 e. The first-order valence-corrected chi connectivity index (χ1v) is 7.14. The standard InChI is InChI=1S/C17H22N2O/c1-15-6-2-3-7-17(15)20-13-5-4-10-19-14-16-8-11-18-12-9-16/h2-3,6-9,11-12,19H,4-5,10,13-14H2,1H3. The van der Waals surface area contributed by atoms with Crippen LogP contribution in [0.4, 0.5) is 0 Å². The zero-order valence-electron chi connectivity index (χ0n) is 12.0. The van der Waals surface area contributed by atoms with E-state index in [1.807, 2.05) is 42.7 Å². The lowest BCUT2D eigenvalue weighted by molar-refractivity contribution is 0.304. The molecular formula is C17H22N2O. The average molecular weight is 270 g/mol. The van der Waals surface area contributed by atoms with Gasteiger partial charge in [0.2, 0.25) is 0 Å². The van der Waals surface area contributed by atoms with Gasteiger partial charge in [0, 0.05) is 18.9 Å². The van der Waals surface area contributed by atoms with Crippen molar-refractivity contribution < 1.29 is 4.74 Å². The Morgan fingerprint density at radius 2 is 1.85 bits per heavy atom. The Bertz CT molecular complexity index is 499. The van der Waals surface area contributed by atoms with Gasteiger partial charge in [0.1, 0.15) is 5.75 Å². The fourth-order valence-electron chi connectivity index (χ4n) is 1.99. The summed E-state index contributed by atoms with van der Waals surface area (Å²) in [4.78, 5) is 4.01. The highest BCUT2D eigenvalue weighted by atomic mass is 16.5. The second-order valence-electron chi connectivity index (χ2n) is 4.85. The van der Waals surface area contributed by atoms with Crippen molar-refractivity contribution in [3.63, 3.8) is 0 Å². The topological polar surface area (TPSA) is 34.1 Å². The van der Waals surface area contributed by atoms with Crippen molar-refractivity contribution in [2.24, 2.45) is 0 Å². The van der Waals surface area contributed by atoms with Crippen molar-refractivity contribution in [3.05, 3.63) is 59.9 Å². The van der Waals surface area contributed by atoms with E-state index in [2.05, 4.69) is 23.3 Å². The van der Waals surface area contributed by atoms with Gasteiger partial charge in [-0.05, 0) is 55.6 Å². The number of aromatic nitrogens is 1. The Kier molecular flexibility index (Phi) is 6.06. The van der Waals surface area contributed by atoms with Gasteiger partial charge in [0.25, 0.3) is 0 Å². The molecule has 1 N–H and O–H groups in total. The van der Waals surface area contributed by atoms with Crippen LogP contribution in [0.3, 0.4) is 0 Å². The van der Waals surface area contributed by atoms with E-state index in [4.69, 9.17) is 4.74 Å². The van der Waals surface area contributed by atoms with Crippen LogP contribution in [-0.4, -0.2) is 18.1 Å². The fourth-order valence-corrected chi connectivity index (χ4v) is 1.99. The number of benzene rings is 1. The lowest BCUT2D eigenvalue weighted by atomic mass is 10.2. The quantitative estimate of drug-likeness (QED) is 0.747. The molecule has 0 fully saturated rings. The summed E-state index contributed by atoms with van der Waals surface area (Å²) in [5, 5.41) is 3.43. The number of para-hydroxylation sites is 1. The summed E-state index contributed by atoms with van der Waals surface area (Å²) in [5.41, 5.74) is 2.47. The van der Waals surface area contributed by atoms with Gasteiger partial charge in [-0.2, -0.15) is 0 Å². The first kappa shape index (κ1) is 14.5. The highest BCUT2D eigenvalue weighted by molar-refractivity contribution is 5.31. The minimum atomic E-state index is 0.780. The number of nitrogens with one attached hydrogen (secondary N) is 1. The molecule has 0 saturated heterocycles. The summed E-state index contributed by atoms with van der Waals surface area (Å²) < 4.78 is 5.77. The van der Waals surface area contributed by atoms with Crippen LogP contribution in [0.25, 0.3) is 0 Å². The Labute approximate surface area is 121 Å². The van der Waals surface area contributed by atoms with Crippen LogP contribution < -0.4 is 10.1 Å². The van der Waals surface area contributed by atoms with Crippen LogP contribution in [0.5, 0.6) is 5.75 Å². The summed E-state index contributed by atoms with van der Waals surface area (Å²) in [6, 6.07) is 12.2. The molecule has 3 nitrogen and oxygen atoms in total. The number of ether oxygens (including phenoxy) is 1. The maximum absolute atomic E-state index is 5.77. The summed E-state index contributed by atoms with van der Waals surface area (Å²) in [6.07, 6.45) is 5.84. The largest absolute Gasteiger partial charge is 0.493 e. The lowest BCUT2D eigenvalue weighted by Crippen LogP contribution is -2.15. The van der Waals surface area contributed by atoms with E-state index in [1.54, 1.807) is 0 Å². The van der Waals surface area contributed by atoms with Gasteiger partial charge in [-0.1, -0.05) is 18.2 Å². The van der Waals surface area contributed by atoms with Crippen molar-refractivity contribution in [3.8, 4) is 5.75 Å². The number of hydrogen-bond donors (Lipinski definition) is 1. The molecule has 1 aromatic heterocycles. The number of hydrogen-bond acceptors (Lipinski definition) is 3. The Hall–Kier alpha value is -1.87. The Balaban J connectivity index is 1.53. The normalized spacial score (nSPS) is 10.4. The van der Waals surface area contributed by atoms with Crippen molar-refractivity contribution >= 4 is 0 Å². The van der Waals surface area contributed by atoms with Crippen LogP contribution in [0.15, 0.2) is 48.8 Å². The molecule has 0 unspecified atom stereocenters. The predicted octanol–water partition coefficient (Wildman–Crippen LogP) is 3.34. The smallest absolute Gasteiger partial charge is 0.122 e. The molecule has 20 heavy (non-hydrogen) atoms. The zero-order valence-corrected chi connectivity index (χ0v) is 12.0. The number of nitrogens with zero attached hydrogens (tertiary/aromatic N) is 1. The predicted molar refractivity (Wildman–Crippen MR) is 81.9 cm³/mol. The first-order chi connectivity index (χ1) is 9.86. The van der Waals surface area contributed by atoms with Crippen LogP contribution in [0.2, 0.25) is 0 Å². The zero-order chi connectivity index (χ0) is 14.0. The van der Waals surface area contributed by atoms with Gasteiger partial charge < -0.3 is 10.1 Å². The molecule has 0 spiro atoms. The van der Waals surface area contributed by atoms with Crippen LogP contribution in [-0.2, 0) is 6.54 Å². The SMILES string of the molecule is Cc1ccccc1OCCCCNCc1ccncc1. The van der Waals surface area contributed by atoms with Gasteiger partial charge in [0.05, 0.1) is 6.61 Å². The van der Waals surface area contributed by atoms with Gasteiger partial charge >= 0.3 is 0 Å². The minimum Gasteiger partial charge on any atom is -0.493 e. The molecular weight excluding hydrogens is 248 g/mol. The van der Waals surface area contributed by atoms with E-state index in [9.17, 15) is 0 Å². The highest BCUT2D eigenvalue weighted by Crippen LogP contribution is 2.16. The molecule has 0 atom stereocenters. The second-order valence-corrected chi connectivity index (χ2v) is 4.85. The molecule has 1 aromatic carbocycles. The number of rotatable bonds is 8. The molecule has 0 saturated carbocycles. The third-order valence-electron chi connectivity index (χ3n) is 3.18. The molecule has 0 aliphatic heterocycles. The van der Waals surface area contributed by atoms with Gasteiger partial charge in [-0.15, -0.1) is 0 Å². The van der Waals surface area contributed by atoms with Gasteiger partial charge in [-0.3, -0.25) is 4.98 Å². The van der Waals surface area contributed by atoms with Crippen LogP contribution >= 0.6 is 0 Å². The molecule has 3 heteroatoms. The molecule has 2 rings (SSSR count). The van der Waals surface area contributed by atoms with Crippen molar-refractivity contribution in [1.29, 1.82) is 0 Å². The van der Waals surface area contributed by atoms with E-state index in [-0.39, 0.29) is 0 Å². The van der Waals surface area contributed by atoms with Crippen molar-refractivity contribution in [2.45, 2.75) is 26.3 Å². The van der Waals surface area contributed by atoms with Crippen molar-refractivity contribution in [2.75, 3.05) is 13.2 Å². The lowest BCUT2D eigenvalue weighted by Gasteiger charge is -2.09. The third-order valence-corrected chi connectivity index (χ3v) is 3.18. The van der Waals surface area contributed by atoms with Crippen LogP contribution in [0.1, 0.15) is 24.0 Å². The average Bonchev–Trinajstić information content (AvgIpc) is 2.49. The van der Waals surface area contributed by atoms with E-state index in [1.165, 1.54) is 11.1 Å². The van der Waals surface area contributed by atoms with Crippen molar-refractivity contribution in [1.82, 2.24) is 10.3 Å². The molecule has 0 bridgehead atoms. The summed E-state index contributed by atoms with van der Waals surface area (Å²) in [7, 11) is 0. The molecule has 0 aliphatic carbocycles. The monoisotopic (exact) mass is 270 g/mol. The summed E-state index contributed by atoms with van der Waals surface area (Å²) in [5.74, 6) is 0.997. The van der Waals surface area contributed by atoms with E-state index in [0.717, 1.165) is 38.3 Å². The van der Waals surface area contributed by atoms with Gasteiger partial charge in [-0.25, -0.2) is 0 Å². The minimum absolute atomic E-state index is 0.780. The number of aryl methyl sites for hydroxylation is 1. The van der Waals surface area contributed by atoms with E-state index >= 15 is 0 Å². The summed E-state index contributed by atoms with van der Waals surface area (Å²) >= 11 is 0. The molecule has 0 amide bonds. The molecule has 0 aliphatic rings. The Morgan fingerprint density at radius 3 is 2.65 bits per heavy atom.